The monoisotopic (exact) mass is 377 g/mol. The number of halogens is 3. The van der Waals surface area contributed by atoms with Crippen LogP contribution in [0.2, 0.25) is 0 Å². The van der Waals surface area contributed by atoms with E-state index in [1.165, 1.54) is 30.8 Å². The molecule has 0 aliphatic carbocycles. The molecule has 142 valence electrons. The molecule has 5 nitrogen and oxygen atoms in total. The number of nitrogens with zero attached hydrogens (tertiary/aromatic N) is 3. The number of rotatable bonds is 4. The van der Waals surface area contributed by atoms with Crippen molar-refractivity contribution in [3.63, 3.8) is 0 Å². The molecule has 0 aliphatic rings. The van der Waals surface area contributed by atoms with E-state index >= 15 is 0 Å². The van der Waals surface area contributed by atoms with E-state index in [4.69, 9.17) is 0 Å². The van der Waals surface area contributed by atoms with Crippen LogP contribution in [0.1, 0.15) is 27.3 Å². The molecule has 8 heteroatoms. The molecule has 0 aliphatic heterocycles. The summed E-state index contributed by atoms with van der Waals surface area (Å²) in [7, 11) is 0. The van der Waals surface area contributed by atoms with E-state index < -0.39 is 18.5 Å². The highest BCUT2D eigenvalue weighted by Crippen LogP contribution is 2.23. The number of hydrogen-bond donors (Lipinski definition) is 0. The third kappa shape index (κ3) is 3.65. The third-order valence-corrected chi connectivity index (χ3v) is 4.58. The molecule has 0 amide bonds. The van der Waals surface area contributed by atoms with Crippen molar-refractivity contribution in [1.82, 2.24) is 14.1 Å². The van der Waals surface area contributed by atoms with Gasteiger partial charge in [-0.15, -0.1) is 0 Å². The number of para-hydroxylation sites is 1. The molecule has 0 saturated heterocycles. The number of carbonyl (C=O) groups is 1. The number of carbonyl (C=O) groups excluding carboxylic acids is 1. The Hall–Kier alpha value is -2.90. The summed E-state index contributed by atoms with van der Waals surface area (Å²) in [6.45, 7) is 3.37. The zero-order valence-corrected chi connectivity index (χ0v) is 15.1. The maximum Gasteiger partial charge on any atom is 0.406 e. The fourth-order valence-corrected chi connectivity index (χ4v) is 3.20. The molecule has 2 aromatic heterocycles. The van der Waals surface area contributed by atoms with Gasteiger partial charge in [-0.2, -0.15) is 13.2 Å². The predicted molar refractivity (Wildman–Crippen MR) is 95.0 cm³/mol. The van der Waals surface area contributed by atoms with Gasteiger partial charge in [-0.25, -0.2) is 4.98 Å². The largest absolute Gasteiger partial charge is 0.406 e. The van der Waals surface area contributed by atoms with E-state index in [9.17, 15) is 22.8 Å². The normalized spacial score (nSPS) is 11.9. The first-order chi connectivity index (χ1) is 12.6. The quantitative estimate of drug-likeness (QED) is 0.653. The summed E-state index contributed by atoms with van der Waals surface area (Å²) in [4.78, 5) is 29.5. The fourth-order valence-electron chi connectivity index (χ4n) is 3.20. The van der Waals surface area contributed by atoms with Gasteiger partial charge in [0, 0.05) is 17.0 Å². The van der Waals surface area contributed by atoms with Crippen molar-refractivity contribution in [3.8, 4) is 0 Å². The highest BCUT2D eigenvalue weighted by Gasteiger charge is 2.30. The van der Waals surface area contributed by atoms with Gasteiger partial charge in [0.25, 0.3) is 5.56 Å². The smallest absolute Gasteiger partial charge is 0.339 e. The van der Waals surface area contributed by atoms with Crippen LogP contribution in [0.25, 0.3) is 10.9 Å². The van der Waals surface area contributed by atoms with Gasteiger partial charge in [-0.05, 0) is 38.5 Å². The maximum atomic E-state index is 12.7. The van der Waals surface area contributed by atoms with Gasteiger partial charge >= 0.3 is 6.18 Å². The minimum absolute atomic E-state index is 0.174. The standard InChI is InChI=1S/C19H18F3N3O2/c1-11-5-4-6-14-17(11)23-10-24(18(14)27)8-16(26)15-7-12(2)25(13(15)3)9-19(20,21)22/h4-7,10H,8-9H2,1-3H3. The molecule has 0 spiro atoms. The molecular weight excluding hydrogens is 359 g/mol. The molecular formula is C19H18F3N3O2. The summed E-state index contributed by atoms with van der Waals surface area (Å²) in [5.41, 5.74) is 1.79. The second kappa shape index (κ2) is 6.68. The number of alkyl halides is 3. The van der Waals surface area contributed by atoms with E-state index in [2.05, 4.69) is 4.98 Å². The summed E-state index contributed by atoms with van der Waals surface area (Å²) >= 11 is 0. The average molecular weight is 377 g/mol. The van der Waals surface area contributed by atoms with Crippen LogP contribution < -0.4 is 5.56 Å². The van der Waals surface area contributed by atoms with Gasteiger partial charge in [-0.1, -0.05) is 12.1 Å². The first kappa shape index (κ1) is 18.9. The molecule has 2 heterocycles. The van der Waals surface area contributed by atoms with Crippen LogP contribution in [0.15, 0.2) is 35.4 Å². The molecule has 3 aromatic rings. The Bertz CT molecular complexity index is 1090. The molecule has 3 rings (SSSR count). The lowest BCUT2D eigenvalue weighted by atomic mass is 10.1. The van der Waals surface area contributed by atoms with E-state index in [-0.39, 0.29) is 23.4 Å². The van der Waals surface area contributed by atoms with Crippen LogP contribution in [0, 0.1) is 20.8 Å². The molecule has 27 heavy (non-hydrogen) atoms. The second-order valence-electron chi connectivity index (χ2n) is 6.56. The minimum Gasteiger partial charge on any atom is -0.339 e. The van der Waals surface area contributed by atoms with Gasteiger partial charge in [-0.3, -0.25) is 14.2 Å². The molecule has 0 N–H and O–H groups in total. The lowest BCUT2D eigenvalue weighted by molar-refractivity contribution is -0.141. The zero-order valence-electron chi connectivity index (χ0n) is 15.1. The highest BCUT2D eigenvalue weighted by atomic mass is 19.4. The Morgan fingerprint density at radius 3 is 2.56 bits per heavy atom. The zero-order chi connectivity index (χ0) is 19.9. The van der Waals surface area contributed by atoms with E-state index in [1.54, 1.807) is 12.1 Å². The summed E-state index contributed by atoms with van der Waals surface area (Å²) in [5, 5.41) is 0.396. The molecule has 0 saturated carbocycles. The average Bonchev–Trinajstić information content (AvgIpc) is 2.85. The molecule has 0 atom stereocenters. The predicted octanol–water partition coefficient (Wildman–Crippen LogP) is 3.57. The van der Waals surface area contributed by atoms with Crippen LogP contribution in [-0.4, -0.2) is 26.1 Å². The van der Waals surface area contributed by atoms with Crippen LogP contribution in [0.3, 0.4) is 0 Å². The molecule has 0 fully saturated rings. The van der Waals surface area contributed by atoms with Crippen molar-refractivity contribution in [2.45, 2.75) is 40.0 Å². The van der Waals surface area contributed by atoms with Crippen LogP contribution in [0.4, 0.5) is 13.2 Å². The first-order valence-electron chi connectivity index (χ1n) is 8.30. The van der Waals surface area contributed by atoms with Crippen LogP contribution in [0.5, 0.6) is 0 Å². The SMILES string of the molecule is Cc1cccc2c(=O)n(CC(=O)c3cc(C)n(CC(F)(F)F)c3C)cnc12. The first-order valence-corrected chi connectivity index (χ1v) is 8.30. The van der Waals surface area contributed by atoms with Crippen molar-refractivity contribution < 1.29 is 18.0 Å². The lowest BCUT2D eigenvalue weighted by Gasteiger charge is -2.12. The van der Waals surface area contributed by atoms with Crippen molar-refractivity contribution >= 4 is 16.7 Å². The van der Waals surface area contributed by atoms with E-state index in [0.717, 1.165) is 10.1 Å². The summed E-state index contributed by atoms with van der Waals surface area (Å²) < 4.78 is 40.4. The molecule has 1 aromatic carbocycles. The topological polar surface area (TPSA) is 56.9 Å². The number of Topliss-reactive ketones (excluding diaryl/α,β-unsaturated/α-hetero) is 1. The number of fused-ring (bicyclic) bond motifs is 1. The maximum absolute atomic E-state index is 12.7. The third-order valence-electron chi connectivity index (χ3n) is 4.58. The lowest BCUT2D eigenvalue weighted by Crippen LogP contribution is -2.25. The number of aromatic nitrogens is 3. The van der Waals surface area contributed by atoms with Crippen molar-refractivity contribution in [2.24, 2.45) is 0 Å². The number of hydrogen-bond acceptors (Lipinski definition) is 3. The summed E-state index contributed by atoms with van der Waals surface area (Å²) in [6, 6.07) is 6.62. The molecule has 0 unspecified atom stereocenters. The van der Waals surface area contributed by atoms with Gasteiger partial charge in [0.2, 0.25) is 0 Å². The Kier molecular flexibility index (Phi) is 4.67. The highest BCUT2D eigenvalue weighted by molar-refractivity contribution is 5.97. The van der Waals surface area contributed by atoms with Crippen LogP contribution >= 0.6 is 0 Å². The van der Waals surface area contributed by atoms with E-state index in [1.807, 2.05) is 13.0 Å². The van der Waals surface area contributed by atoms with Crippen molar-refractivity contribution in [2.75, 3.05) is 0 Å². The summed E-state index contributed by atoms with van der Waals surface area (Å²) in [5.74, 6) is -0.438. The van der Waals surface area contributed by atoms with E-state index in [0.29, 0.717) is 16.6 Å². The Morgan fingerprint density at radius 1 is 1.19 bits per heavy atom. The fraction of sp³-hybridized carbons (Fsp3) is 0.316. The molecule has 0 radical (unpaired) electrons. The van der Waals surface area contributed by atoms with Crippen molar-refractivity contribution in [1.29, 1.82) is 0 Å². The van der Waals surface area contributed by atoms with Gasteiger partial charge in [0.15, 0.2) is 5.78 Å². The van der Waals surface area contributed by atoms with Crippen LogP contribution in [-0.2, 0) is 13.1 Å². The van der Waals surface area contributed by atoms with Crippen molar-refractivity contribution in [3.05, 3.63) is 63.5 Å². The Morgan fingerprint density at radius 2 is 1.89 bits per heavy atom. The number of ketones is 1. The second-order valence-corrected chi connectivity index (χ2v) is 6.56. The van der Waals surface area contributed by atoms with Gasteiger partial charge in [0.1, 0.15) is 6.54 Å². The minimum atomic E-state index is -4.38. The van der Waals surface area contributed by atoms with Gasteiger partial charge in [0.05, 0.1) is 23.8 Å². The Balaban J connectivity index is 1.95. The number of benzene rings is 1. The van der Waals surface area contributed by atoms with Gasteiger partial charge < -0.3 is 4.57 Å². The molecule has 0 bridgehead atoms. The number of aryl methyl sites for hydroxylation is 2. The Labute approximate surface area is 153 Å². The summed E-state index contributed by atoms with van der Waals surface area (Å²) in [6.07, 6.45) is -3.09.